The van der Waals surface area contributed by atoms with Gasteiger partial charge in [0.2, 0.25) is 0 Å². The van der Waals surface area contributed by atoms with E-state index in [1.54, 1.807) is 0 Å². The van der Waals surface area contributed by atoms with E-state index in [1.807, 2.05) is 0 Å². The van der Waals surface area contributed by atoms with Gasteiger partial charge < -0.3 is 10.4 Å². The lowest BCUT2D eigenvalue weighted by Crippen LogP contribution is -2.44. The fourth-order valence-electron chi connectivity index (χ4n) is 3.78. The Hall–Kier alpha value is -0.340. The predicted molar refractivity (Wildman–Crippen MR) is 106 cm³/mol. The molecule has 1 rings (SSSR count). The molecule has 1 fully saturated rings. The largest absolute Gasteiger partial charge is 0.391 e. The van der Waals surface area contributed by atoms with Gasteiger partial charge >= 0.3 is 0 Å². The number of hydrogen-bond acceptors (Lipinski definition) is 2. The third-order valence-electron chi connectivity index (χ3n) is 5.36. The maximum absolute atomic E-state index is 10.4. The summed E-state index contributed by atoms with van der Waals surface area (Å²) >= 11 is 0. The Balaban J connectivity index is 2.22. The van der Waals surface area contributed by atoms with Gasteiger partial charge in [-0.15, -0.1) is 0 Å². The molecule has 1 saturated carbocycles. The summed E-state index contributed by atoms with van der Waals surface area (Å²) in [5.74, 6) is 0. The normalized spacial score (nSPS) is 23.0. The Bertz CT molecular complexity index is 313. The lowest BCUT2D eigenvalue weighted by Gasteiger charge is -2.31. The van der Waals surface area contributed by atoms with Crippen LogP contribution in [0.4, 0.5) is 0 Å². The molecular weight excluding hydrogens is 294 g/mol. The van der Waals surface area contributed by atoms with Gasteiger partial charge in [0, 0.05) is 0 Å². The van der Waals surface area contributed by atoms with Gasteiger partial charge in [0.1, 0.15) is 0 Å². The van der Waals surface area contributed by atoms with Crippen LogP contribution in [0.15, 0.2) is 11.6 Å². The molecule has 0 unspecified atom stereocenters. The molecule has 0 aromatic heterocycles. The van der Waals surface area contributed by atoms with Crippen LogP contribution in [-0.4, -0.2) is 23.8 Å². The maximum Gasteiger partial charge on any atom is 0.0731 e. The zero-order chi connectivity index (χ0) is 17.5. The van der Waals surface area contributed by atoms with Crippen LogP contribution >= 0.6 is 0 Å². The van der Waals surface area contributed by atoms with Crippen LogP contribution in [-0.2, 0) is 0 Å². The minimum Gasteiger partial charge on any atom is -0.391 e. The molecule has 0 aliphatic heterocycles. The van der Waals surface area contributed by atoms with Gasteiger partial charge in [-0.25, -0.2) is 0 Å². The Morgan fingerprint density at radius 2 is 1.54 bits per heavy atom. The van der Waals surface area contributed by atoms with E-state index in [4.69, 9.17) is 0 Å². The molecule has 0 aromatic carbocycles. The standard InChI is InChI=1S/C22H43NO/c1-3-5-7-9-10-11-12-13-16-20-17-15-18-21(24)22(20)23-19-14-8-6-4-2/h16,21-24H,3-15,17-19H2,1-2H3/b20-16-/t21-,22-/m0/s1. The molecular formula is C22H43NO. The number of allylic oxidation sites excluding steroid dienone is 1. The summed E-state index contributed by atoms with van der Waals surface area (Å²) in [7, 11) is 0. The van der Waals surface area contributed by atoms with Crippen molar-refractivity contribution in [3.63, 3.8) is 0 Å². The molecule has 2 N–H and O–H groups in total. The summed E-state index contributed by atoms with van der Waals surface area (Å²) in [6.45, 7) is 5.58. The van der Waals surface area contributed by atoms with Crippen molar-refractivity contribution in [3.05, 3.63) is 11.6 Å². The molecule has 24 heavy (non-hydrogen) atoms. The van der Waals surface area contributed by atoms with Crippen LogP contribution in [0.1, 0.15) is 110 Å². The third-order valence-corrected chi connectivity index (χ3v) is 5.36. The van der Waals surface area contributed by atoms with Gasteiger partial charge in [0.25, 0.3) is 0 Å². The van der Waals surface area contributed by atoms with Crippen LogP contribution in [0, 0.1) is 0 Å². The van der Waals surface area contributed by atoms with Crippen molar-refractivity contribution in [2.24, 2.45) is 0 Å². The molecule has 142 valence electrons. The summed E-state index contributed by atoms with van der Waals surface area (Å²) in [6.07, 6.45) is 21.5. The Morgan fingerprint density at radius 3 is 2.25 bits per heavy atom. The Kier molecular flexibility index (Phi) is 13.5. The second-order valence-electron chi connectivity index (χ2n) is 7.64. The molecule has 0 amide bonds. The van der Waals surface area contributed by atoms with Crippen molar-refractivity contribution in [2.75, 3.05) is 6.54 Å². The van der Waals surface area contributed by atoms with E-state index in [0.29, 0.717) is 0 Å². The van der Waals surface area contributed by atoms with E-state index >= 15 is 0 Å². The first-order valence-electron chi connectivity index (χ1n) is 10.9. The van der Waals surface area contributed by atoms with E-state index in [9.17, 15) is 5.11 Å². The quantitative estimate of drug-likeness (QED) is 0.295. The van der Waals surface area contributed by atoms with Crippen molar-refractivity contribution in [3.8, 4) is 0 Å². The van der Waals surface area contributed by atoms with Gasteiger partial charge in [-0.2, -0.15) is 0 Å². The Labute approximate surface area is 151 Å². The molecule has 2 atom stereocenters. The first-order chi connectivity index (χ1) is 11.8. The highest BCUT2D eigenvalue weighted by Crippen LogP contribution is 2.25. The molecule has 2 heteroatoms. The van der Waals surface area contributed by atoms with Crippen LogP contribution in [0.2, 0.25) is 0 Å². The van der Waals surface area contributed by atoms with Crippen molar-refractivity contribution < 1.29 is 5.11 Å². The number of aliphatic hydroxyl groups is 1. The van der Waals surface area contributed by atoms with E-state index in [-0.39, 0.29) is 12.1 Å². The molecule has 1 aliphatic rings. The minimum absolute atomic E-state index is 0.176. The van der Waals surface area contributed by atoms with Crippen LogP contribution < -0.4 is 5.32 Å². The number of rotatable bonds is 14. The molecule has 0 heterocycles. The molecule has 2 nitrogen and oxygen atoms in total. The van der Waals surface area contributed by atoms with Gasteiger partial charge in [-0.3, -0.25) is 0 Å². The fraction of sp³-hybridized carbons (Fsp3) is 0.909. The first kappa shape index (κ1) is 21.7. The van der Waals surface area contributed by atoms with E-state index < -0.39 is 0 Å². The Morgan fingerprint density at radius 1 is 0.917 bits per heavy atom. The lowest BCUT2D eigenvalue weighted by molar-refractivity contribution is 0.115. The second-order valence-corrected chi connectivity index (χ2v) is 7.64. The predicted octanol–water partition coefficient (Wildman–Crippen LogP) is 6.14. The van der Waals surface area contributed by atoms with Gasteiger partial charge in [0.05, 0.1) is 12.1 Å². The minimum atomic E-state index is -0.176. The highest BCUT2D eigenvalue weighted by atomic mass is 16.3. The smallest absolute Gasteiger partial charge is 0.0731 e. The van der Waals surface area contributed by atoms with Crippen LogP contribution in [0.25, 0.3) is 0 Å². The molecule has 0 saturated heterocycles. The highest BCUT2D eigenvalue weighted by molar-refractivity contribution is 5.16. The zero-order valence-electron chi connectivity index (χ0n) is 16.5. The number of hydrogen-bond donors (Lipinski definition) is 2. The van der Waals surface area contributed by atoms with Crippen LogP contribution in [0.3, 0.4) is 0 Å². The average molecular weight is 338 g/mol. The fourth-order valence-corrected chi connectivity index (χ4v) is 3.78. The van der Waals surface area contributed by atoms with Crippen molar-refractivity contribution in [1.82, 2.24) is 5.32 Å². The van der Waals surface area contributed by atoms with E-state index in [0.717, 1.165) is 19.4 Å². The molecule has 0 spiro atoms. The first-order valence-corrected chi connectivity index (χ1v) is 10.9. The molecule has 0 radical (unpaired) electrons. The topological polar surface area (TPSA) is 32.3 Å². The monoisotopic (exact) mass is 337 g/mol. The van der Waals surface area contributed by atoms with Crippen LogP contribution in [0.5, 0.6) is 0 Å². The number of nitrogens with one attached hydrogen (secondary N) is 1. The lowest BCUT2D eigenvalue weighted by atomic mass is 9.86. The number of unbranched alkanes of at least 4 members (excludes halogenated alkanes) is 10. The molecule has 1 aliphatic carbocycles. The van der Waals surface area contributed by atoms with E-state index in [1.165, 1.54) is 89.0 Å². The summed E-state index contributed by atoms with van der Waals surface area (Å²) in [5.41, 5.74) is 1.48. The summed E-state index contributed by atoms with van der Waals surface area (Å²) in [4.78, 5) is 0. The zero-order valence-corrected chi connectivity index (χ0v) is 16.5. The van der Waals surface area contributed by atoms with Crippen molar-refractivity contribution >= 4 is 0 Å². The SMILES string of the molecule is CCCCCCCCC/C=C1/CCC[C@H](O)[C@H]1NCCCCCC. The molecule has 0 aromatic rings. The highest BCUT2D eigenvalue weighted by Gasteiger charge is 2.26. The summed E-state index contributed by atoms with van der Waals surface area (Å²) in [6, 6.07) is 0.227. The third kappa shape index (κ3) is 9.84. The van der Waals surface area contributed by atoms with E-state index in [2.05, 4.69) is 25.2 Å². The van der Waals surface area contributed by atoms with Gasteiger partial charge in [-0.05, 0) is 45.1 Å². The average Bonchev–Trinajstić information content (AvgIpc) is 2.59. The summed E-state index contributed by atoms with van der Waals surface area (Å²) < 4.78 is 0. The summed E-state index contributed by atoms with van der Waals surface area (Å²) in [5, 5.41) is 14.0. The van der Waals surface area contributed by atoms with Gasteiger partial charge in [0.15, 0.2) is 0 Å². The van der Waals surface area contributed by atoms with Crippen molar-refractivity contribution in [1.29, 1.82) is 0 Å². The maximum atomic E-state index is 10.4. The van der Waals surface area contributed by atoms with Crippen molar-refractivity contribution in [2.45, 2.75) is 122 Å². The number of aliphatic hydroxyl groups excluding tert-OH is 1. The second kappa shape index (κ2) is 15.0. The van der Waals surface area contributed by atoms with Gasteiger partial charge in [-0.1, -0.05) is 83.3 Å². The molecule has 0 bridgehead atoms.